The van der Waals surface area contributed by atoms with Gasteiger partial charge in [0, 0.05) is 49.2 Å². The Kier molecular flexibility index (Phi) is 5.75. The highest BCUT2D eigenvalue weighted by molar-refractivity contribution is 5.94. The lowest BCUT2D eigenvalue weighted by Crippen LogP contribution is -2.45. The Bertz CT molecular complexity index is 1250. The lowest BCUT2D eigenvalue weighted by molar-refractivity contribution is 0.0904. The lowest BCUT2D eigenvalue weighted by Gasteiger charge is -2.34. The second kappa shape index (κ2) is 8.73. The fraction of sp³-hybridized carbons (Fsp3) is 0.400. The summed E-state index contributed by atoms with van der Waals surface area (Å²) >= 11 is 0. The molecule has 34 heavy (non-hydrogen) atoms. The molecule has 4 N–H and O–H groups in total. The van der Waals surface area contributed by atoms with Gasteiger partial charge in [0.2, 0.25) is 5.79 Å². The Balaban J connectivity index is 1.50. The van der Waals surface area contributed by atoms with E-state index in [1.807, 2.05) is 45.0 Å². The highest BCUT2D eigenvalue weighted by atomic mass is 16.5. The summed E-state index contributed by atoms with van der Waals surface area (Å²) in [5.74, 6) is 1.52. The SMILES string of the molecule is COc1cc(-c2nc(C)oc2C)ccc1C1(N)N=Cc2cc(C)nc(NC3CCOCC3)c2N1. The Morgan fingerprint density at radius 1 is 1.15 bits per heavy atom. The van der Waals surface area contributed by atoms with E-state index in [4.69, 9.17) is 24.6 Å². The van der Waals surface area contributed by atoms with Gasteiger partial charge in [0.05, 0.1) is 18.4 Å². The van der Waals surface area contributed by atoms with Gasteiger partial charge in [0.25, 0.3) is 0 Å². The number of nitrogens with one attached hydrogen (secondary N) is 2. The van der Waals surface area contributed by atoms with Crippen LogP contribution in [0.2, 0.25) is 0 Å². The van der Waals surface area contributed by atoms with E-state index in [1.54, 1.807) is 13.3 Å². The first-order valence-corrected chi connectivity index (χ1v) is 11.5. The Morgan fingerprint density at radius 2 is 1.94 bits per heavy atom. The lowest BCUT2D eigenvalue weighted by atomic mass is 10.00. The summed E-state index contributed by atoms with van der Waals surface area (Å²) < 4.78 is 16.8. The van der Waals surface area contributed by atoms with Gasteiger partial charge in [-0.2, -0.15) is 0 Å². The summed E-state index contributed by atoms with van der Waals surface area (Å²) in [4.78, 5) is 13.9. The van der Waals surface area contributed by atoms with Crippen LogP contribution in [0, 0.1) is 20.8 Å². The summed E-state index contributed by atoms with van der Waals surface area (Å²) in [5.41, 5.74) is 11.9. The van der Waals surface area contributed by atoms with E-state index >= 15 is 0 Å². The van der Waals surface area contributed by atoms with Crippen LogP contribution in [0.15, 0.2) is 33.7 Å². The quantitative estimate of drug-likeness (QED) is 0.523. The second-order valence-electron chi connectivity index (χ2n) is 8.81. The van der Waals surface area contributed by atoms with Crippen molar-refractivity contribution >= 4 is 17.7 Å². The third-order valence-electron chi connectivity index (χ3n) is 6.25. The Hall–Kier alpha value is -3.43. The third-order valence-corrected chi connectivity index (χ3v) is 6.25. The molecule has 4 heterocycles. The zero-order valence-corrected chi connectivity index (χ0v) is 19.9. The van der Waals surface area contributed by atoms with Crippen LogP contribution in [0.5, 0.6) is 5.75 Å². The van der Waals surface area contributed by atoms with Crippen molar-refractivity contribution in [3.63, 3.8) is 0 Å². The van der Waals surface area contributed by atoms with Gasteiger partial charge in [0.1, 0.15) is 17.2 Å². The molecule has 1 unspecified atom stereocenters. The van der Waals surface area contributed by atoms with Crippen LogP contribution in [0.1, 0.15) is 41.3 Å². The first-order valence-electron chi connectivity index (χ1n) is 11.5. The molecule has 0 spiro atoms. The number of rotatable bonds is 5. The normalized spacial score (nSPS) is 20.0. The Morgan fingerprint density at radius 3 is 2.65 bits per heavy atom. The molecule has 0 bridgehead atoms. The van der Waals surface area contributed by atoms with Gasteiger partial charge < -0.3 is 24.5 Å². The molecule has 9 nitrogen and oxygen atoms in total. The summed E-state index contributed by atoms with van der Waals surface area (Å²) in [5, 5.41) is 7.02. The predicted octanol–water partition coefficient (Wildman–Crippen LogP) is 3.87. The summed E-state index contributed by atoms with van der Waals surface area (Å²) in [6, 6.07) is 8.08. The van der Waals surface area contributed by atoms with E-state index in [0.717, 1.165) is 65.8 Å². The number of oxazole rings is 1. The predicted molar refractivity (Wildman–Crippen MR) is 131 cm³/mol. The van der Waals surface area contributed by atoms with E-state index in [9.17, 15) is 0 Å². The molecule has 2 aromatic heterocycles. The minimum absolute atomic E-state index is 0.294. The number of fused-ring (bicyclic) bond motifs is 1. The smallest absolute Gasteiger partial charge is 0.212 e. The molecule has 1 saturated heterocycles. The molecule has 0 radical (unpaired) electrons. The number of ether oxygens (including phenoxy) is 2. The number of nitrogens with two attached hydrogens (primary N) is 1. The minimum atomic E-state index is -1.23. The maximum atomic E-state index is 6.84. The molecule has 2 aliphatic heterocycles. The monoisotopic (exact) mass is 462 g/mol. The number of benzene rings is 1. The highest BCUT2D eigenvalue weighted by Gasteiger charge is 2.35. The van der Waals surface area contributed by atoms with Crippen molar-refractivity contribution in [1.29, 1.82) is 0 Å². The van der Waals surface area contributed by atoms with Crippen molar-refractivity contribution in [2.45, 2.75) is 45.4 Å². The molecule has 1 fully saturated rings. The fourth-order valence-electron chi connectivity index (χ4n) is 4.55. The summed E-state index contributed by atoms with van der Waals surface area (Å²) in [6.07, 6.45) is 3.67. The molecule has 1 atom stereocenters. The number of aromatic nitrogens is 2. The molecule has 0 saturated carbocycles. The summed E-state index contributed by atoms with van der Waals surface area (Å²) in [7, 11) is 1.62. The van der Waals surface area contributed by atoms with E-state index in [0.29, 0.717) is 23.2 Å². The summed E-state index contributed by atoms with van der Waals surface area (Å²) in [6.45, 7) is 7.19. The number of hydrogen-bond donors (Lipinski definition) is 3. The molecule has 0 aliphatic carbocycles. The van der Waals surface area contributed by atoms with Crippen LogP contribution < -0.4 is 21.1 Å². The maximum absolute atomic E-state index is 6.84. The van der Waals surface area contributed by atoms with Crippen LogP contribution >= 0.6 is 0 Å². The number of aryl methyl sites for hydroxylation is 3. The Labute approximate surface area is 198 Å². The molecule has 2 aliphatic rings. The second-order valence-corrected chi connectivity index (χ2v) is 8.81. The van der Waals surface area contributed by atoms with Crippen molar-refractivity contribution in [3.8, 4) is 17.0 Å². The molecule has 0 amide bonds. The maximum Gasteiger partial charge on any atom is 0.212 e. The van der Waals surface area contributed by atoms with Gasteiger partial charge in [-0.05, 0) is 44.9 Å². The number of aliphatic imine (C=N–C) groups is 1. The van der Waals surface area contributed by atoms with Crippen molar-refractivity contribution in [2.24, 2.45) is 10.7 Å². The average Bonchev–Trinajstić information content (AvgIpc) is 3.17. The molecule has 1 aromatic carbocycles. The van der Waals surface area contributed by atoms with E-state index in [-0.39, 0.29) is 0 Å². The van der Waals surface area contributed by atoms with E-state index in [1.165, 1.54) is 0 Å². The average molecular weight is 463 g/mol. The molecular formula is C25H30N6O3. The van der Waals surface area contributed by atoms with Gasteiger partial charge in [0.15, 0.2) is 11.7 Å². The van der Waals surface area contributed by atoms with Crippen molar-refractivity contribution in [2.75, 3.05) is 31.0 Å². The molecule has 5 rings (SSSR count). The molecule has 178 valence electrons. The molecule has 9 heteroatoms. The zero-order chi connectivity index (χ0) is 23.9. The largest absolute Gasteiger partial charge is 0.496 e. The standard InChI is InChI=1S/C25H30N6O3/c1-14-11-18-13-27-25(26,31-23(18)24(28-14)30-19-7-9-33-10-8-19)20-6-5-17(12-21(20)32-4)22-15(2)34-16(3)29-22/h5-6,11-13,19,31H,7-10,26H2,1-4H3,(H,28,30). The van der Waals surface area contributed by atoms with Gasteiger partial charge in [-0.25, -0.2) is 15.0 Å². The number of nitrogens with zero attached hydrogens (tertiary/aromatic N) is 3. The van der Waals surface area contributed by atoms with Crippen LogP contribution in [-0.4, -0.2) is 42.5 Å². The van der Waals surface area contributed by atoms with Crippen LogP contribution in [-0.2, 0) is 10.5 Å². The van der Waals surface area contributed by atoms with Gasteiger partial charge >= 0.3 is 0 Å². The molecular weight excluding hydrogens is 432 g/mol. The molecule has 3 aromatic rings. The topological polar surface area (TPSA) is 120 Å². The van der Waals surface area contributed by atoms with Crippen LogP contribution in [0.3, 0.4) is 0 Å². The highest BCUT2D eigenvalue weighted by Crippen LogP contribution is 2.39. The van der Waals surface area contributed by atoms with Gasteiger partial charge in [-0.15, -0.1) is 0 Å². The minimum Gasteiger partial charge on any atom is -0.496 e. The number of methoxy groups -OCH3 is 1. The van der Waals surface area contributed by atoms with Crippen LogP contribution in [0.25, 0.3) is 11.3 Å². The number of pyridine rings is 1. The van der Waals surface area contributed by atoms with Gasteiger partial charge in [-0.1, -0.05) is 6.07 Å². The van der Waals surface area contributed by atoms with Crippen molar-refractivity contribution in [3.05, 3.63) is 52.7 Å². The fourth-order valence-corrected chi connectivity index (χ4v) is 4.55. The first kappa shape index (κ1) is 22.4. The number of anilines is 2. The van der Waals surface area contributed by atoms with E-state index < -0.39 is 5.79 Å². The first-order chi connectivity index (χ1) is 16.4. The van der Waals surface area contributed by atoms with Crippen molar-refractivity contribution in [1.82, 2.24) is 9.97 Å². The van der Waals surface area contributed by atoms with E-state index in [2.05, 4.69) is 20.6 Å². The zero-order valence-electron chi connectivity index (χ0n) is 19.9. The van der Waals surface area contributed by atoms with Crippen molar-refractivity contribution < 1.29 is 13.9 Å². The van der Waals surface area contributed by atoms with Gasteiger partial charge in [-0.3, -0.25) is 5.73 Å². The third kappa shape index (κ3) is 4.12. The number of hydrogen-bond acceptors (Lipinski definition) is 9. The van der Waals surface area contributed by atoms with Crippen LogP contribution in [0.4, 0.5) is 11.5 Å².